The third kappa shape index (κ3) is 8.15. The van der Waals surface area contributed by atoms with Crippen LogP contribution in [0.25, 0.3) is 0 Å². The number of nitrogens with zero attached hydrogens (tertiary/aromatic N) is 2. The molecule has 0 aromatic heterocycles. The SMILES string of the molecule is CCCN(CCCC(=O)N(CC)CC)CC(=O)OCC. The molecule has 0 saturated carbocycles. The van der Waals surface area contributed by atoms with E-state index in [1.54, 1.807) is 0 Å². The number of carbonyl (C=O) groups excluding carboxylic acids is 2. The minimum Gasteiger partial charge on any atom is -0.465 e. The monoisotopic (exact) mass is 286 g/mol. The summed E-state index contributed by atoms with van der Waals surface area (Å²) >= 11 is 0. The summed E-state index contributed by atoms with van der Waals surface area (Å²) in [6, 6.07) is 0. The molecule has 0 N–H and O–H groups in total. The molecule has 0 atom stereocenters. The maximum Gasteiger partial charge on any atom is 0.320 e. The summed E-state index contributed by atoms with van der Waals surface area (Å²) in [5, 5.41) is 0. The molecule has 0 aliphatic heterocycles. The Labute approximate surface area is 123 Å². The topological polar surface area (TPSA) is 49.9 Å². The zero-order valence-corrected chi connectivity index (χ0v) is 13.5. The molecule has 0 fully saturated rings. The van der Waals surface area contributed by atoms with Crippen LogP contribution in [0.15, 0.2) is 0 Å². The first-order valence-corrected chi connectivity index (χ1v) is 7.74. The molecule has 0 aromatic carbocycles. The van der Waals surface area contributed by atoms with Crippen LogP contribution in [0.4, 0.5) is 0 Å². The zero-order chi connectivity index (χ0) is 15.4. The fourth-order valence-electron chi connectivity index (χ4n) is 2.16. The highest BCUT2D eigenvalue weighted by Crippen LogP contribution is 2.02. The van der Waals surface area contributed by atoms with E-state index in [-0.39, 0.29) is 11.9 Å². The van der Waals surface area contributed by atoms with Crippen LogP contribution >= 0.6 is 0 Å². The Kier molecular flexibility index (Phi) is 11.1. The molecule has 118 valence electrons. The van der Waals surface area contributed by atoms with E-state index < -0.39 is 0 Å². The average molecular weight is 286 g/mol. The van der Waals surface area contributed by atoms with Gasteiger partial charge in [0.1, 0.15) is 0 Å². The summed E-state index contributed by atoms with van der Waals surface area (Å²) < 4.78 is 4.96. The second kappa shape index (κ2) is 11.7. The fourth-order valence-corrected chi connectivity index (χ4v) is 2.16. The third-order valence-corrected chi connectivity index (χ3v) is 3.18. The second-order valence-corrected chi connectivity index (χ2v) is 4.75. The Morgan fingerprint density at radius 3 is 2.15 bits per heavy atom. The lowest BCUT2D eigenvalue weighted by Crippen LogP contribution is -2.34. The Bertz CT molecular complexity index is 278. The van der Waals surface area contributed by atoms with Crippen molar-refractivity contribution in [2.24, 2.45) is 0 Å². The predicted molar refractivity (Wildman–Crippen MR) is 80.5 cm³/mol. The van der Waals surface area contributed by atoms with Crippen LogP contribution in [0.2, 0.25) is 0 Å². The standard InChI is InChI=1S/C15H30N2O3/c1-5-11-16(13-15(19)20-8-4)12-9-10-14(18)17(6-2)7-3/h5-13H2,1-4H3. The molecule has 0 aliphatic carbocycles. The lowest BCUT2D eigenvalue weighted by molar-refractivity contribution is -0.144. The van der Waals surface area contributed by atoms with Crippen LogP contribution in [0.1, 0.15) is 47.0 Å². The number of amides is 1. The Morgan fingerprint density at radius 2 is 1.65 bits per heavy atom. The largest absolute Gasteiger partial charge is 0.465 e. The molecule has 20 heavy (non-hydrogen) atoms. The van der Waals surface area contributed by atoms with Gasteiger partial charge in [0.05, 0.1) is 13.2 Å². The van der Waals surface area contributed by atoms with Crippen LogP contribution < -0.4 is 0 Å². The van der Waals surface area contributed by atoms with E-state index in [2.05, 4.69) is 11.8 Å². The van der Waals surface area contributed by atoms with Gasteiger partial charge in [-0.25, -0.2) is 0 Å². The Hall–Kier alpha value is -1.10. The summed E-state index contributed by atoms with van der Waals surface area (Å²) in [4.78, 5) is 27.3. The van der Waals surface area contributed by atoms with E-state index in [9.17, 15) is 9.59 Å². The normalized spacial score (nSPS) is 10.7. The van der Waals surface area contributed by atoms with Crippen molar-refractivity contribution in [2.75, 3.05) is 39.3 Å². The predicted octanol–water partition coefficient (Wildman–Crippen LogP) is 1.91. The summed E-state index contributed by atoms with van der Waals surface area (Å²) in [5.41, 5.74) is 0. The molecule has 0 bridgehead atoms. The van der Waals surface area contributed by atoms with Crippen LogP contribution in [0, 0.1) is 0 Å². The highest BCUT2D eigenvalue weighted by molar-refractivity contribution is 5.76. The van der Waals surface area contributed by atoms with Gasteiger partial charge in [-0.3, -0.25) is 14.5 Å². The molecule has 0 rings (SSSR count). The van der Waals surface area contributed by atoms with Gasteiger partial charge in [0.15, 0.2) is 0 Å². The quantitative estimate of drug-likeness (QED) is 0.544. The van der Waals surface area contributed by atoms with E-state index in [4.69, 9.17) is 4.74 Å². The van der Waals surface area contributed by atoms with E-state index >= 15 is 0 Å². The first-order valence-electron chi connectivity index (χ1n) is 7.74. The molecule has 0 spiro atoms. The molecule has 5 nitrogen and oxygen atoms in total. The minimum absolute atomic E-state index is 0.184. The van der Waals surface area contributed by atoms with Crippen molar-refractivity contribution in [1.29, 1.82) is 0 Å². The summed E-state index contributed by atoms with van der Waals surface area (Å²) in [6.45, 7) is 11.8. The number of ether oxygens (including phenoxy) is 1. The maximum atomic E-state index is 11.9. The van der Waals surface area contributed by atoms with E-state index in [1.807, 2.05) is 25.7 Å². The van der Waals surface area contributed by atoms with Crippen LogP contribution in [0.5, 0.6) is 0 Å². The number of hydrogen-bond acceptors (Lipinski definition) is 4. The molecular formula is C15H30N2O3. The molecule has 0 aliphatic rings. The van der Waals surface area contributed by atoms with E-state index in [1.165, 1.54) is 0 Å². The molecule has 0 unspecified atom stereocenters. The molecule has 0 heterocycles. The van der Waals surface area contributed by atoms with Crippen molar-refractivity contribution in [3.8, 4) is 0 Å². The minimum atomic E-state index is -0.184. The number of rotatable bonds is 11. The molecule has 5 heteroatoms. The van der Waals surface area contributed by atoms with Gasteiger partial charge in [-0.1, -0.05) is 6.92 Å². The lowest BCUT2D eigenvalue weighted by Gasteiger charge is -2.22. The van der Waals surface area contributed by atoms with Gasteiger partial charge in [-0.05, 0) is 46.7 Å². The molecule has 0 saturated heterocycles. The summed E-state index contributed by atoms with van der Waals surface area (Å²) in [7, 11) is 0. The average Bonchev–Trinajstić information content (AvgIpc) is 2.40. The highest BCUT2D eigenvalue weighted by Gasteiger charge is 2.13. The van der Waals surface area contributed by atoms with Crippen molar-refractivity contribution in [3.63, 3.8) is 0 Å². The lowest BCUT2D eigenvalue weighted by atomic mass is 10.2. The number of carbonyl (C=O) groups is 2. The van der Waals surface area contributed by atoms with Gasteiger partial charge in [-0.2, -0.15) is 0 Å². The summed E-state index contributed by atoms with van der Waals surface area (Å²) in [5.74, 6) is 0.0126. The molecule has 0 radical (unpaired) electrons. The number of hydrogen-bond donors (Lipinski definition) is 0. The molecule has 0 aromatic rings. The van der Waals surface area contributed by atoms with Crippen molar-refractivity contribution < 1.29 is 14.3 Å². The van der Waals surface area contributed by atoms with Crippen LogP contribution in [-0.2, 0) is 14.3 Å². The first-order chi connectivity index (χ1) is 9.58. The van der Waals surface area contributed by atoms with Crippen LogP contribution in [-0.4, -0.2) is 61.0 Å². The van der Waals surface area contributed by atoms with Gasteiger partial charge in [0.25, 0.3) is 0 Å². The third-order valence-electron chi connectivity index (χ3n) is 3.18. The number of esters is 1. The van der Waals surface area contributed by atoms with E-state index in [0.717, 1.165) is 39.0 Å². The maximum absolute atomic E-state index is 11.9. The second-order valence-electron chi connectivity index (χ2n) is 4.75. The van der Waals surface area contributed by atoms with Gasteiger partial charge < -0.3 is 9.64 Å². The van der Waals surface area contributed by atoms with Crippen molar-refractivity contribution >= 4 is 11.9 Å². The highest BCUT2D eigenvalue weighted by atomic mass is 16.5. The smallest absolute Gasteiger partial charge is 0.320 e. The van der Waals surface area contributed by atoms with E-state index in [0.29, 0.717) is 19.6 Å². The van der Waals surface area contributed by atoms with Crippen LogP contribution in [0.3, 0.4) is 0 Å². The van der Waals surface area contributed by atoms with Gasteiger partial charge in [-0.15, -0.1) is 0 Å². The van der Waals surface area contributed by atoms with Gasteiger partial charge in [0.2, 0.25) is 5.91 Å². The first kappa shape index (κ1) is 18.9. The van der Waals surface area contributed by atoms with Gasteiger partial charge in [0, 0.05) is 19.5 Å². The van der Waals surface area contributed by atoms with Gasteiger partial charge >= 0.3 is 5.97 Å². The molecule has 1 amide bonds. The molecular weight excluding hydrogens is 256 g/mol. The summed E-state index contributed by atoms with van der Waals surface area (Å²) in [6.07, 6.45) is 2.32. The van der Waals surface area contributed by atoms with Crippen molar-refractivity contribution in [2.45, 2.75) is 47.0 Å². The zero-order valence-electron chi connectivity index (χ0n) is 13.5. The van der Waals surface area contributed by atoms with Crippen molar-refractivity contribution in [1.82, 2.24) is 9.80 Å². The Balaban J connectivity index is 4.08. The Morgan fingerprint density at radius 1 is 1.00 bits per heavy atom. The fraction of sp³-hybridized carbons (Fsp3) is 0.867. The van der Waals surface area contributed by atoms with Crippen molar-refractivity contribution in [3.05, 3.63) is 0 Å².